The fourth-order valence-corrected chi connectivity index (χ4v) is 4.42. The number of nitrogens with one attached hydrogen (secondary N) is 1. The molecule has 1 N–H and O–H groups in total. The molecule has 4 aromatic rings. The fraction of sp³-hybridized carbons (Fsp3) is 0.182. The molecule has 0 bridgehead atoms. The summed E-state index contributed by atoms with van der Waals surface area (Å²) < 4.78 is 9.77. The Balaban J connectivity index is 1.51. The van der Waals surface area contributed by atoms with Crippen LogP contribution in [0.5, 0.6) is 5.75 Å². The predicted molar refractivity (Wildman–Crippen MR) is 118 cm³/mol. The van der Waals surface area contributed by atoms with Crippen molar-refractivity contribution in [1.82, 2.24) is 19.1 Å². The van der Waals surface area contributed by atoms with Crippen LogP contribution in [0.15, 0.2) is 71.8 Å². The molecule has 0 unspecified atom stereocenters. The Morgan fingerprint density at radius 1 is 1.19 bits per heavy atom. The summed E-state index contributed by atoms with van der Waals surface area (Å²) in [5, 5.41) is 4.98. The molecule has 4 heterocycles. The molecule has 5 rings (SSSR count). The van der Waals surface area contributed by atoms with Gasteiger partial charge in [0.15, 0.2) is 11.4 Å². The topological polar surface area (TPSA) is 86.3 Å². The van der Waals surface area contributed by atoms with Gasteiger partial charge in [0.1, 0.15) is 5.75 Å². The van der Waals surface area contributed by atoms with Gasteiger partial charge in [-0.25, -0.2) is 9.98 Å². The number of ether oxygens (including phenoxy) is 1. The van der Waals surface area contributed by atoms with Gasteiger partial charge < -0.3 is 19.2 Å². The van der Waals surface area contributed by atoms with Crippen LogP contribution >= 0.6 is 11.3 Å². The average molecular weight is 433 g/mol. The van der Waals surface area contributed by atoms with Crippen LogP contribution in [0.3, 0.4) is 0 Å². The Bertz CT molecular complexity index is 1260. The Kier molecular flexibility index (Phi) is 5.32. The van der Waals surface area contributed by atoms with Crippen LogP contribution < -0.4 is 14.9 Å². The maximum atomic E-state index is 11.7. The lowest BCUT2D eigenvalue weighted by Crippen LogP contribution is -2.25. The zero-order valence-corrected chi connectivity index (χ0v) is 17.5. The highest BCUT2D eigenvalue weighted by Gasteiger charge is 2.17. The van der Waals surface area contributed by atoms with E-state index in [0.29, 0.717) is 11.4 Å². The molecular weight excluding hydrogens is 412 g/mol. The third-order valence-electron chi connectivity index (χ3n) is 4.93. The minimum absolute atomic E-state index is 0.0488. The summed E-state index contributed by atoms with van der Waals surface area (Å²) in [5.74, 6) is 0.543. The Hall–Kier alpha value is -3.72. The number of anilines is 1. The van der Waals surface area contributed by atoms with E-state index in [1.807, 2.05) is 42.9 Å². The van der Waals surface area contributed by atoms with Crippen LogP contribution in [0.2, 0.25) is 0 Å². The second-order valence-electron chi connectivity index (χ2n) is 7.08. The van der Waals surface area contributed by atoms with E-state index in [4.69, 9.17) is 9.73 Å². The molecule has 0 fully saturated rings. The van der Waals surface area contributed by atoms with E-state index in [1.165, 1.54) is 0 Å². The lowest BCUT2D eigenvalue weighted by atomic mass is 10.1. The summed E-state index contributed by atoms with van der Waals surface area (Å²) in [6.07, 6.45) is 9.99. The van der Waals surface area contributed by atoms with Crippen molar-refractivity contribution in [2.24, 2.45) is 4.99 Å². The van der Waals surface area contributed by atoms with Gasteiger partial charge in [-0.3, -0.25) is 9.78 Å². The summed E-state index contributed by atoms with van der Waals surface area (Å²) in [6, 6.07) is 9.68. The summed E-state index contributed by atoms with van der Waals surface area (Å²) >= 11 is 1.58. The van der Waals surface area contributed by atoms with E-state index < -0.39 is 0 Å². The van der Waals surface area contributed by atoms with E-state index in [2.05, 4.69) is 29.8 Å². The molecule has 0 saturated carbocycles. The van der Waals surface area contributed by atoms with Crippen LogP contribution in [0.4, 0.5) is 11.4 Å². The molecular formula is C22H20N6O2S. The van der Waals surface area contributed by atoms with Gasteiger partial charge in [0.2, 0.25) is 0 Å². The number of rotatable bonds is 6. The molecule has 1 aliphatic heterocycles. The Morgan fingerprint density at radius 3 is 3.00 bits per heavy atom. The third-order valence-corrected chi connectivity index (χ3v) is 5.80. The van der Waals surface area contributed by atoms with Gasteiger partial charge in [-0.05, 0) is 36.8 Å². The quantitative estimate of drug-likeness (QED) is 0.506. The molecule has 31 heavy (non-hydrogen) atoms. The van der Waals surface area contributed by atoms with Gasteiger partial charge in [-0.1, -0.05) is 0 Å². The van der Waals surface area contributed by atoms with Crippen LogP contribution in [0, 0.1) is 0 Å². The second-order valence-corrected chi connectivity index (χ2v) is 7.92. The molecule has 0 aliphatic carbocycles. The normalized spacial score (nSPS) is 13.5. The van der Waals surface area contributed by atoms with Gasteiger partial charge in [-0.15, -0.1) is 11.3 Å². The Morgan fingerprint density at radius 2 is 2.16 bits per heavy atom. The largest absolute Gasteiger partial charge is 0.482 e. The molecule has 1 aromatic carbocycles. The SMILES string of the molecule is O=C1COc2ccc(-c3csc(=Nc4cccnc4)n3CCCn3ccnc3)cc2N1. The minimum Gasteiger partial charge on any atom is -0.482 e. The first-order valence-corrected chi connectivity index (χ1v) is 10.8. The summed E-state index contributed by atoms with van der Waals surface area (Å²) in [5.41, 5.74) is 3.54. The van der Waals surface area contributed by atoms with E-state index in [9.17, 15) is 4.79 Å². The molecule has 0 spiro atoms. The molecule has 0 saturated heterocycles. The van der Waals surface area contributed by atoms with E-state index in [-0.39, 0.29) is 12.5 Å². The number of hydrogen-bond acceptors (Lipinski definition) is 6. The summed E-state index contributed by atoms with van der Waals surface area (Å²) in [4.78, 5) is 25.7. The molecule has 1 amide bonds. The minimum atomic E-state index is -0.143. The molecule has 1 aliphatic rings. The lowest BCUT2D eigenvalue weighted by Gasteiger charge is -2.19. The molecule has 156 valence electrons. The highest BCUT2D eigenvalue weighted by Crippen LogP contribution is 2.33. The number of benzene rings is 1. The molecule has 9 heteroatoms. The van der Waals surface area contributed by atoms with E-state index in [0.717, 1.165) is 41.3 Å². The van der Waals surface area contributed by atoms with Crippen LogP contribution in [-0.2, 0) is 17.9 Å². The molecule has 0 radical (unpaired) electrons. The van der Waals surface area contributed by atoms with Crippen molar-refractivity contribution in [1.29, 1.82) is 0 Å². The van der Waals surface area contributed by atoms with Crippen molar-refractivity contribution in [3.05, 3.63) is 71.6 Å². The number of nitrogens with zero attached hydrogens (tertiary/aromatic N) is 5. The zero-order valence-electron chi connectivity index (χ0n) is 16.6. The van der Waals surface area contributed by atoms with E-state index in [1.54, 1.807) is 29.9 Å². The number of fused-ring (bicyclic) bond motifs is 1. The van der Waals surface area contributed by atoms with Crippen molar-refractivity contribution < 1.29 is 9.53 Å². The molecule has 0 atom stereocenters. The summed E-state index contributed by atoms with van der Waals surface area (Å²) in [7, 11) is 0. The first-order chi connectivity index (χ1) is 15.3. The number of imidazole rings is 1. The van der Waals surface area contributed by atoms with Crippen molar-refractivity contribution in [3.8, 4) is 17.0 Å². The number of aryl methyl sites for hydroxylation is 1. The predicted octanol–water partition coefficient (Wildman–Crippen LogP) is 3.46. The van der Waals surface area contributed by atoms with E-state index >= 15 is 0 Å². The fourth-order valence-electron chi connectivity index (χ4n) is 3.47. The maximum Gasteiger partial charge on any atom is 0.262 e. The third kappa shape index (κ3) is 4.26. The molecule has 3 aromatic heterocycles. The number of pyridine rings is 1. The first kappa shape index (κ1) is 19.3. The second kappa shape index (κ2) is 8.57. The van der Waals surface area contributed by atoms with Crippen molar-refractivity contribution in [3.63, 3.8) is 0 Å². The first-order valence-electron chi connectivity index (χ1n) is 9.92. The van der Waals surface area contributed by atoms with Gasteiger partial charge in [0, 0.05) is 42.6 Å². The van der Waals surface area contributed by atoms with Crippen LogP contribution in [-0.4, -0.2) is 31.6 Å². The number of aromatic nitrogens is 4. The average Bonchev–Trinajstić information content (AvgIpc) is 3.44. The number of thiazole rings is 1. The monoisotopic (exact) mass is 432 g/mol. The number of carbonyl (C=O) groups excluding carboxylic acids is 1. The van der Waals surface area contributed by atoms with Crippen LogP contribution in [0.1, 0.15) is 6.42 Å². The van der Waals surface area contributed by atoms with Crippen molar-refractivity contribution >= 4 is 28.6 Å². The Labute approximate surface area is 182 Å². The number of carbonyl (C=O) groups is 1. The van der Waals surface area contributed by atoms with Crippen LogP contribution in [0.25, 0.3) is 11.3 Å². The van der Waals surface area contributed by atoms with Gasteiger partial charge in [-0.2, -0.15) is 0 Å². The maximum absolute atomic E-state index is 11.7. The number of hydrogen-bond donors (Lipinski definition) is 1. The van der Waals surface area contributed by atoms with Gasteiger partial charge in [0.25, 0.3) is 5.91 Å². The molecule has 8 nitrogen and oxygen atoms in total. The van der Waals surface area contributed by atoms with Crippen molar-refractivity contribution in [2.75, 3.05) is 11.9 Å². The smallest absolute Gasteiger partial charge is 0.262 e. The highest BCUT2D eigenvalue weighted by atomic mass is 32.1. The summed E-state index contributed by atoms with van der Waals surface area (Å²) in [6.45, 7) is 1.70. The zero-order chi connectivity index (χ0) is 21.0. The highest BCUT2D eigenvalue weighted by molar-refractivity contribution is 7.07. The van der Waals surface area contributed by atoms with Crippen molar-refractivity contribution in [2.45, 2.75) is 19.5 Å². The van der Waals surface area contributed by atoms with Gasteiger partial charge in [0.05, 0.1) is 29.6 Å². The standard InChI is InChI=1S/C22H20N6O2S/c29-21-13-30-20-5-4-16(11-18(20)26-21)19-14-31-22(25-17-3-1-6-23-12-17)28(19)9-2-8-27-10-7-24-15-27/h1,3-7,10-12,14-15H,2,8-9,13H2,(H,26,29). The number of amides is 1. The lowest BCUT2D eigenvalue weighted by molar-refractivity contribution is -0.118. The van der Waals surface area contributed by atoms with Gasteiger partial charge >= 0.3 is 0 Å².